The maximum absolute atomic E-state index is 12.8. The molecule has 0 spiro atoms. The molecule has 3 rings (SSSR count). The fourth-order valence-corrected chi connectivity index (χ4v) is 4.68. The maximum Gasteiger partial charge on any atom is 0.260 e. The quantitative estimate of drug-likeness (QED) is 0.718. The van der Waals surface area contributed by atoms with E-state index in [1.54, 1.807) is 18.5 Å². The van der Waals surface area contributed by atoms with Crippen LogP contribution in [0.25, 0.3) is 0 Å². The lowest BCUT2D eigenvalue weighted by atomic mass is 10.0. The molecule has 7 heteroatoms. The summed E-state index contributed by atoms with van der Waals surface area (Å²) < 4.78 is 30.1. The fourth-order valence-electron chi connectivity index (χ4n) is 2.56. The number of aromatic nitrogens is 2. The van der Waals surface area contributed by atoms with E-state index in [4.69, 9.17) is 0 Å². The molecule has 0 bridgehead atoms. The molecule has 0 radical (unpaired) electrons. The summed E-state index contributed by atoms with van der Waals surface area (Å²) in [5.41, 5.74) is 2.13. The highest BCUT2D eigenvalue weighted by Crippen LogP contribution is 2.28. The number of benzene rings is 1. The van der Waals surface area contributed by atoms with E-state index in [2.05, 4.69) is 16.6 Å². The van der Waals surface area contributed by atoms with Gasteiger partial charge in [0, 0.05) is 18.1 Å². The molecule has 1 unspecified atom stereocenters. The van der Waals surface area contributed by atoms with Gasteiger partial charge in [-0.3, -0.25) is 0 Å². The van der Waals surface area contributed by atoms with Gasteiger partial charge < -0.3 is 4.57 Å². The molecule has 0 aliphatic carbocycles. The minimum Gasteiger partial charge on any atom is -0.337 e. The summed E-state index contributed by atoms with van der Waals surface area (Å²) in [7, 11) is -1.95. The zero-order valence-electron chi connectivity index (χ0n) is 14.4. The third kappa shape index (κ3) is 3.84. The van der Waals surface area contributed by atoms with Crippen molar-refractivity contribution in [3.05, 3.63) is 69.8 Å². The van der Waals surface area contributed by atoms with E-state index in [1.807, 2.05) is 41.8 Å². The third-order valence-corrected chi connectivity index (χ3v) is 6.41. The SMILES string of the molecule is CCc1ccc(C(NS(=O)(=O)c2cn(C)c(C)n2)c2cccs2)cc1. The average Bonchev–Trinajstić information content (AvgIpc) is 3.24. The van der Waals surface area contributed by atoms with Crippen molar-refractivity contribution in [1.82, 2.24) is 14.3 Å². The Morgan fingerprint density at radius 2 is 1.96 bits per heavy atom. The molecular formula is C18H21N3O2S2. The van der Waals surface area contributed by atoms with Crippen LogP contribution in [0.5, 0.6) is 0 Å². The van der Waals surface area contributed by atoms with Gasteiger partial charge in [-0.25, -0.2) is 13.4 Å². The first-order valence-corrected chi connectivity index (χ1v) is 10.4. The lowest BCUT2D eigenvalue weighted by Crippen LogP contribution is -2.29. The Hall–Kier alpha value is -1.96. The summed E-state index contributed by atoms with van der Waals surface area (Å²) in [6, 6.07) is 11.5. The van der Waals surface area contributed by atoms with E-state index in [9.17, 15) is 8.42 Å². The van der Waals surface area contributed by atoms with Crippen molar-refractivity contribution in [3.63, 3.8) is 0 Å². The van der Waals surface area contributed by atoms with Crippen LogP contribution in [0.2, 0.25) is 0 Å². The highest BCUT2D eigenvalue weighted by molar-refractivity contribution is 7.89. The molecule has 1 atom stereocenters. The normalized spacial score (nSPS) is 13.1. The highest BCUT2D eigenvalue weighted by Gasteiger charge is 2.25. The molecule has 0 amide bonds. The number of nitrogens with one attached hydrogen (secondary N) is 1. The molecule has 0 saturated carbocycles. The zero-order valence-corrected chi connectivity index (χ0v) is 16.1. The topological polar surface area (TPSA) is 64.0 Å². The van der Waals surface area contributed by atoms with E-state index in [1.165, 1.54) is 23.1 Å². The minimum atomic E-state index is -3.73. The lowest BCUT2D eigenvalue weighted by Gasteiger charge is -2.18. The van der Waals surface area contributed by atoms with Gasteiger partial charge in [0.15, 0.2) is 5.03 Å². The number of aryl methyl sites for hydroxylation is 3. The molecule has 0 aliphatic rings. The number of nitrogens with zero attached hydrogens (tertiary/aromatic N) is 2. The summed E-state index contributed by atoms with van der Waals surface area (Å²) in [4.78, 5) is 5.10. The first kappa shape index (κ1) is 17.8. The Morgan fingerprint density at radius 3 is 2.48 bits per heavy atom. The standard InChI is InChI=1S/C18H21N3O2S2/c1-4-14-7-9-15(10-8-14)18(16-6-5-11-24-16)20-25(22,23)17-12-21(3)13(2)19-17/h5-12,18,20H,4H2,1-3H3. The fraction of sp³-hybridized carbons (Fsp3) is 0.278. The Labute approximate surface area is 152 Å². The van der Waals surface area contributed by atoms with Crippen LogP contribution in [0.4, 0.5) is 0 Å². The van der Waals surface area contributed by atoms with Crippen LogP contribution in [-0.4, -0.2) is 18.0 Å². The molecule has 0 saturated heterocycles. The van der Waals surface area contributed by atoms with Crippen LogP contribution in [0.3, 0.4) is 0 Å². The van der Waals surface area contributed by atoms with Crippen LogP contribution in [0, 0.1) is 6.92 Å². The summed E-state index contributed by atoms with van der Waals surface area (Å²) in [5.74, 6) is 0.653. The van der Waals surface area contributed by atoms with Crippen molar-refractivity contribution in [2.24, 2.45) is 7.05 Å². The van der Waals surface area contributed by atoms with Crippen molar-refractivity contribution < 1.29 is 8.42 Å². The second-order valence-corrected chi connectivity index (χ2v) is 8.54. The molecule has 132 valence electrons. The predicted molar refractivity (Wildman–Crippen MR) is 100 cm³/mol. The number of imidazole rings is 1. The Balaban J connectivity index is 1.97. The largest absolute Gasteiger partial charge is 0.337 e. The number of sulfonamides is 1. The van der Waals surface area contributed by atoms with Gasteiger partial charge in [0.1, 0.15) is 5.82 Å². The van der Waals surface area contributed by atoms with Crippen LogP contribution in [0.15, 0.2) is 53.0 Å². The first-order valence-electron chi connectivity index (χ1n) is 8.05. The molecule has 1 aromatic carbocycles. The van der Waals surface area contributed by atoms with Crippen LogP contribution in [0.1, 0.15) is 34.8 Å². The van der Waals surface area contributed by atoms with Crippen LogP contribution < -0.4 is 4.72 Å². The summed E-state index contributed by atoms with van der Waals surface area (Å²) >= 11 is 1.53. The van der Waals surface area contributed by atoms with Crippen molar-refractivity contribution in [2.45, 2.75) is 31.3 Å². The van der Waals surface area contributed by atoms with Gasteiger partial charge in [0.05, 0.1) is 6.04 Å². The van der Waals surface area contributed by atoms with Crippen LogP contribution >= 0.6 is 11.3 Å². The number of rotatable bonds is 6. The average molecular weight is 376 g/mol. The molecule has 3 aromatic rings. The zero-order chi connectivity index (χ0) is 18.0. The summed E-state index contributed by atoms with van der Waals surface area (Å²) in [6.07, 6.45) is 2.48. The van der Waals surface area contributed by atoms with Gasteiger partial charge in [-0.05, 0) is 35.9 Å². The Morgan fingerprint density at radius 1 is 1.24 bits per heavy atom. The smallest absolute Gasteiger partial charge is 0.260 e. The predicted octanol–water partition coefficient (Wildman–Crippen LogP) is 3.42. The highest BCUT2D eigenvalue weighted by atomic mass is 32.2. The molecule has 5 nitrogen and oxygen atoms in total. The van der Waals surface area contributed by atoms with Gasteiger partial charge in [-0.2, -0.15) is 4.72 Å². The van der Waals surface area contributed by atoms with E-state index < -0.39 is 16.1 Å². The number of thiophene rings is 1. The van der Waals surface area contributed by atoms with E-state index in [0.717, 1.165) is 16.9 Å². The van der Waals surface area contributed by atoms with Gasteiger partial charge in [0.2, 0.25) is 0 Å². The van der Waals surface area contributed by atoms with Crippen molar-refractivity contribution >= 4 is 21.4 Å². The summed E-state index contributed by atoms with van der Waals surface area (Å²) in [5, 5.41) is 1.99. The number of hydrogen-bond donors (Lipinski definition) is 1. The number of hydrogen-bond acceptors (Lipinski definition) is 4. The van der Waals surface area contributed by atoms with Gasteiger partial charge in [-0.15, -0.1) is 11.3 Å². The molecule has 2 aromatic heterocycles. The second-order valence-electron chi connectivity index (χ2n) is 5.90. The van der Waals surface area contributed by atoms with Crippen LogP contribution in [-0.2, 0) is 23.5 Å². The summed E-state index contributed by atoms with van der Waals surface area (Å²) in [6.45, 7) is 3.87. The second kappa shape index (κ2) is 7.11. The minimum absolute atomic E-state index is 0.0410. The van der Waals surface area contributed by atoms with E-state index in [0.29, 0.717) is 5.82 Å². The van der Waals surface area contributed by atoms with Gasteiger partial charge in [0.25, 0.3) is 10.0 Å². The molecule has 0 fully saturated rings. The van der Waals surface area contributed by atoms with E-state index in [-0.39, 0.29) is 5.03 Å². The maximum atomic E-state index is 12.8. The first-order chi connectivity index (χ1) is 11.9. The lowest BCUT2D eigenvalue weighted by molar-refractivity contribution is 0.570. The Bertz CT molecular complexity index is 923. The van der Waals surface area contributed by atoms with Crippen molar-refractivity contribution in [3.8, 4) is 0 Å². The molecular weight excluding hydrogens is 354 g/mol. The molecule has 25 heavy (non-hydrogen) atoms. The molecule has 2 heterocycles. The van der Waals surface area contributed by atoms with Crippen molar-refractivity contribution in [1.29, 1.82) is 0 Å². The van der Waals surface area contributed by atoms with Crippen molar-refractivity contribution in [2.75, 3.05) is 0 Å². The molecule has 1 N–H and O–H groups in total. The van der Waals surface area contributed by atoms with Gasteiger partial charge >= 0.3 is 0 Å². The van der Waals surface area contributed by atoms with E-state index >= 15 is 0 Å². The molecule has 0 aliphatic heterocycles. The third-order valence-electron chi connectivity index (χ3n) is 4.18. The van der Waals surface area contributed by atoms with Gasteiger partial charge in [-0.1, -0.05) is 37.3 Å². The Kier molecular flexibility index (Phi) is 5.08. The monoisotopic (exact) mass is 375 g/mol.